The number of anilines is 1. The van der Waals surface area contributed by atoms with E-state index in [2.05, 4.69) is 21.2 Å². The van der Waals surface area contributed by atoms with Crippen LogP contribution < -0.4 is 10.1 Å². The Morgan fingerprint density at radius 2 is 2.47 bits per heavy atom. The molecule has 5 heteroatoms. The smallest absolute Gasteiger partial charge is 0.307 e. The summed E-state index contributed by atoms with van der Waals surface area (Å²) in [7, 11) is 0. The quantitative estimate of drug-likeness (QED) is 0.865. The highest BCUT2D eigenvalue weighted by Gasteiger charge is 2.22. The van der Waals surface area contributed by atoms with Crippen LogP contribution in [0.5, 0.6) is 5.75 Å². The first-order valence-corrected chi connectivity index (χ1v) is 5.37. The second-order valence-electron chi connectivity index (χ2n) is 3.34. The number of para-hydroxylation sites is 1. The first-order valence-electron chi connectivity index (χ1n) is 4.57. The van der Waals surface area contributed by atoms with Crippen molar-refractivity contribution < 1.29 is 14.6 Å². The normalized spacial score (nSPS) is 18.6. The van der Waals surface area contributed by atoms with Gasteiger partial charge in [-0.1, -0.05) is 6.07 Å². The Morgan fingerprint density at radius 3 is 3.20 bits per heavy atom. The summed E-state index contributed by atoms with van der Waals surface area (Å²) in [4.78, 5) is 10.5. The lowest BCUT2D eigenvalue weighted by Crippen LogP contribution is -2.32. The third-order valence-electron chi connectivity index (χ3n) is 2.17. The van der Waals surface area contributed by atoms with Crippen LogP contribution in [0.3, 0.4) is 0 Å². The first kappa shape index (κ1) is 10.3. The average Bonchev–Trinajstić information content (AvgIpc) is 2.18. The number of hydrogen-bond donors (Lipinski definition) is 2. The van der Waals surface area contributed by atoms with Crippen molar-refractivity contribution in [1.29, 1.82) is 0 Å². The number of nitrogens with one attached hydrogen (secondary N) is 1. The number of fused-ring (bicyclic) bond motifs is 1. The van der Waals surface area contributed by atoms with E-state index >= 15 is 0 Å². The van der Waals surface area contributed by atoms with Gasteiger partial charge >= 0.3 is 5.97 Å². The van der Waals surface area contributed by atoms with Crippen molar-refractivity contribution in [3.8, 4) is 5.75 Å². The molecule has 4 nitrogen and oxygen atoms in total. The fraction of sp³-hybridized carbons (Fsp3) is 0.300. The zero-order valence-corrected chi connectivity index (χ0v) is 9.45. The minimum atomic E-state index is -0.850. The van der Waals surface area contributed by atoms with Crippen molar-refractivity contribution in [2.24, 2.45) is 0 Å². The Morgan fingerprint density at radius 1 is 1.67 bits per heavy atom. The highest BCUT2D eigenvalue weighted by atomic mass is 79.9. The molecule has 1 aromatic rings. The van der Waals surface area contributed by atoms with Crippen LogP contribution in [-0.4, -0.2) is 23.7 Å². The highest BCUT2D eigenvalue weighted by Crippen LogP contribution is 2.36. The lowest BCUT2D eigenvalue weighted by molar-refractivity contribution is -0.138. The van der Waals surface area contributed by atoms with Crippen molar-refractivity contribution in [2.45, 2.75) is 12.5 Å². The number of benzene rings is 1. The number of ether oxygens (including phenoxy) is 1. The molecule has 0 aromatic heterocycles. The van der Waals surface area contributed by atoms with Crippen molar-refractivity contribution in [1.82, 2.24) is 0 Å². The van der Waals surface area contributed by atoms with Crippen LogP contribution in [0.1, 0.15) is 6.42 Å². The third-order valence-corrected chi connectivity index (χ3v) is 2.80. The van der Waals surface area contributed by atoms with E-state index < -0.39 is 5.97 Å². The van der Waals surface area contributed by atoms with Crippen LogP contribution in [0.15, 0.2) is 22.7 Å². The Kier molecular flexibility index (Phi) is 2.81. The predicted octanol–water partition coefficient (Wildman–Crippen LogP) is 2.10. The molecule has 1 aromatic carbocycles. The molecule has 2 rings (SSSR count). The number of hydrogen-bond acceptors (Lipinski definition) is 3. The largest absolute Gasteiger partial charge is 0.485 e. The molecule has 1 unspecified atom stereocenters. The summed E-state index contributed by atoms with van der Waals surface area (Å²) in [5.74, 6) is -0.160. The fourth-order valence-corrected chi connectivity index (χ4v) is 1.97. The molecule has 0 fully saturated rings. The number of carboxylic acid groups (broad SMARTS) is 1. The van der Waals surface area contributed by atoms with Crippen LogP contribution in [0, 0.1) is 0 Å². The van der Waals surface area contributed by atoms with Crippen LogP contribution in [0.25, 0.3) is 0 Å². The van der Waals surface area contributed by atoms with Gasteiger partial charge in [-0.05, 0) is 28.1 Å². The van der Waals surface area contributed by atoms with E-state index in [1.807, 2.05) is 18.2 Å². The van der Waals surface area contributed by atoms with E-state index in [-0.39, 0.29) is 12.5 Å². The molecule has 0 saturated carbocycles. The van der Waals surface area contributed by atoms with E-state index in [0.29, 0.717) is 12.3 Å². The Labute approximate surface area is 95.4 Å². The lowest BCUT2D eigenvalue weighted by atomic mass is 10.2. The minimum Gasteiger partial charge on any atom is -0.485 e. The van der Waals surface area contributed by atoms with Crippen molar-refractivity contribution >= 4 is 27.6 Å². The molecule has 80 valence electrons. The molecule has 1 atom stereocenters. The third kappa shape index (κ3) is 2.23. The molecule has 0 amide bonds. The topological polar surface area (TPSA) is 58.6 Å². The second kappa shape index (κ2) is 4.10. The zero-order valence-electron chi connectivity index (χ0n) is 7.87. The molecule has 15 heavy (non-hydrogen) atoms. The van der Waals surface area contributed by atoms with Gasteiger partial charge in [0.15, 0.2) is 5.75 Å². The van der Waals surface area contributed by atoms with Gasteiger partial charge < -0.3 is 15.2 Å². The summed E-state index contributed by atoms with van der Waals surface area (Å²) in [6.07, 6.45) is -0.304. The molecule has 0 aliphatic carbocycles. The van der Waals surface area contributed by atoms with E-state index in [4.69, 9.17) is 9.84 Å². The summed E-state index contributed by atoms with van der Waals surface area (Å²) >= 11 is 3.36. The summed E-state index contributed by atoms with van der Waals surface area (Å²) in [5.41, 5.74) is 0.894. The molecule has 1 heterocycles. The van der Waals surface area contributed by atoms with E-state index in [1.165, 1.54) is 0 Å². The molecule has 0 saturated heterocycles. The van der Waals surface area contributed by atoms with Gasteiger partial charge in [0, 0.05) is 0 Å². The predicted molar refractivity (Wildman–Crippen MR) is 59.3 cm³/mol. The van der Waals surface area contributed by atoms with Gasteiger partial charge in [-0.15, -0.1) is 0 Å². The van der Waals surface area contributed by atoms with E-state index in [9.17, 15) is 4.79 Å². The molecule has 0 bridgehead atoms. The molecule has 0 spiro atoms. The maximum absolute atomic E-state index is 10.5. The number of carbonyl (C=O) groups is 1. The first-order chi connectivity index (χ1) is 7.16. The van der Waals surface area contributed by atoms with Crippen molar-refractivity contribution in [2.75, 3.05) is 11.9 Å². The summed E-state index contributed by atoms with van der Waals surface area (Å²) < 4.78 is 6.42. The van der Waals surface area contributed by atoms with Crippen LogP contribution in [-0.2, 0) is 4.79 Å². The van der Waals surface area contributed by atoms with Crippen LogP contribution in [0.4, 0.5) is 5.69 Å². The van der Waals surface area contributed by atoms with Crippen molar-refractivity contribution in [3.05, 3.63) is 22.7 Å². The molecular weight excluding hydrogens is 262 g/mol. The van der Waals surface area contributed by atoms with Gasteiger partial charge in [0.05, 0.1) is 23.1 Å². The standard InChI is InChI=1S/C10H10BrNO3/c11-7-2-1-3-8-10(7)15-6(5-12-8)4-9(13)14/h1-3,6,12H,4-5H2,(H,13,14). The van der Waals surface area contributed by atoms with Gasteiger partial charge in [0.2, 0.25) is 0 Å². The van der Waals surface area contributed by atoms with E-state index in [0.717, 1.165) is 10.2 Å². The minimum absolute atomic E-state index is 0.00771. The van der Waals surface area contributed by atoms with Crippen molar-refractivity contribution in [3.63, 3.8) is 0 Å². The molecule has 1 aliphatic heterocycles. The summed E-state index contributed by atoms with van der Waals surface area (Å²) in [6.45, 7) is 0.524. The number of halogens is 1. The molecule has 0 radical (unpaired) electrons. The summed E-state index contributed by atoms with van der Waals surface area (Å²) in [6, 6.07) is 5.66. The monoisotopic (exact) mass is 271 g/mol. The number of carboxylic acids is 1. The van der Waals surface area contributed by atoms with Crippen LogP contribution in [0.2, 0.25) is 0 Å². The number of aliphatic carboxylic acids is 1. The molecule has 1 aliphatic rings. The number of rotatable bonds is 2. The maximum atomic E-state index is 10.5. The van der Waals surface area contributed by atoms with Gasteiger partial charge in [-0.3, -0.25) is 4.79 Å². The Balaban J connectivity index is 2.18. The SMILES string of the molecule is O=C(O)CC1CNc2cccc(Br)c2O1. The second-order valence-corrected chi connectivity index (χ2v) is 4.19. The highest BCUT2D eigenvalue weighted by molar-refractivity contribution is 9.10. The molecular formula is C10H10BrNO3. The van der Waals surface area contributed by atoms with Gasteiger partial charge in [0.1, 0.15) is 6.10 Å². The summed E-state index contributed by atoms with van der Waals surface area (Å²) in [5, 5.41) is 11.8. The van der Waals surface area contributed by atoms with Gasteiger partial charge in [-0.25, -0.2) is 0 Å². The average molecular weight is 272 g/mol. The molecule has 2 N–H and O–H groups in total. The maximum Gasteiger partial charge on any atom is 0.307 e. The Hall–Kier alpha value is -1.23. The fourth-order valence-electron chi connectivity index (χ4n) is 1.51. The van der Waals surface area contributed by atoms with Crippen LogP contribution >= 0.6 is 15.9 Å². The lowest BCUT2D eigenvalue weighted by Gasteiger charge is -2.27. The van der Waals surface area contributed by atoms with Gasteiger partial charge in [-0.2, -0.15) is 0 Å². The zero-order chi connectivity index (χ0) is 10.8. The van der Waals surface area contributed by atoms with Gasteiger partial charge in [0.25, 0.3) is 0 Å². The Bertz CT molecular complexity index is 394. The van der Waals surface area contributed by atoms with E-state index in [1.54, 1.807) is 0 Å².